The van der Waals surface area contributed by atoms with Crippen LogP contribution in [0, 0.1) is 0 Å². The minimum absolute atomic E-state index is 0.00566. The third-order valence-electron chi connectivity index (χ3n) is 3.68. The van der Waals surface area contributed by atoms with Gasteiger partial charge in [-0.1, -0.05) is 12.6 Å². The first-order valence-corrected chi connectivity index (χ1v) is 9.42. The highest BCUT2D eigenvalue weighted by molar-refractivity contribution is 7.90. The second-order valence-electron chi connectivity index (χ2n) is 5.81. The number of hydrogen-bond acceptors (Lipinski definition) is 4. The molecule has 1 saturated heterocycles. The van der Waals surface area contributed by atoms with Gasteiger partial charge in [0.05, 0.1) is 12.3 Å². The summed E-state index contributed by atoms with van der Waals surface area (Å²) in [4.78, 5) is 25.2. The molecule has 24 heavy (non-hydrogen) atoms. The predicted octanol–water partition coefficient (Wildman–Crippen LogP) is 1.41. The van der Waals surface area contributed by atoms with Gasteiger partial charge in [-0.3, -0.25) is 9.59 Å². The lowest BCUT2D eigenvalue weighted by Crippen LogP contribution is -2.39. The summed E-state index contributed by atoms with van der Waals surface area (Å²) >= 11 is 0. The fraction of sp³-hybridized carbons (Fsp3) is 0.375. The Morgan fingerprint density at radius 2 is 2.17 bits per heavy atom. The Hall–Kier alpha value is -2.22. The largest absolute Gasteiger partial charge is 0.332 e. The Labute approximate surface area is 140 Å². The quantitative estimate of drug-likeness (QED) is 0.811. The molecule has 0 radical (unpaired) electrons. The van der Waals surface area contributed by atoms with Crippen molar-refractivity contribution < 1.29 is 22.4 Å². The van der Waals surface area contributed by atoms with E-state index in [9.17, 15) is 22.4 Å². The molecule has 130 valence electrons. The summed E-state index contributed by atoms with van der Waals surface area (Å²) in [5.41, 5.74) is 0.658. The SMILES string of the molecule is C=CC(=O)Nc1cccc(C(=O)N2C[C@@H](F)C[C@H]2CS(C)(=O)=O)c1. The molecule has 0 bridgehead atoms. The molecule has 0 saturated carbocycles. The Morgan fingerprint density at radius 1 is 1.46 bits per heavy atom. The maximum atomic E-state index is 13.7. The number of carbonyl (C=O) groups excluding carboxylic acids is 2. The van der Waals surface area contributed by atoms with Gasteiger partial charge in [0.25, 0.3) is 5.91 Å². The first kappa shape index (κ1) is 18.1. The minimum atomic E-state index is -3.34. The number of nitrogens with one attached hydrogen (secondary N) is 1. The van der Waals surface area contributed by atoms with Crippen molar-refractivity contribution in [3.05, 3.63) is 42.5 Å². The number of halogens is 1. The van der Waals surface area contributed by atoms with Gasteiger partial charge in [-0.25, -0.2) is 12.8 Å². The van der Waals surface area contributed by atoms with Gasteiger partial charge in [-0.15, -0.1) is 0 Å². The van der Waals surface area contributed by atoms with Crippen LogP contribution in [0.3, 0.4) is 0 Å². The Bertz CT molecular complexity index is 763. The van der Waals surface area contributed by atoms with Crippen molar-refractivity contribution in [1.82, 2.24) is 4.90 Å². The number of sulfone groups is 1. The number of carbonyl (C=O) groups is 2. The van der Waals surface area contributed by atoms with Crippen LogP contribution in [0.15, 0.2) is 36.9 Å². The molecule has 1 heterocycles. The molecule has 2 atom stereocenters. The number of likely N-dealkylation sites (tertiary alicyclic amines) is 1. The van der Waals surface area contributed by atoms with Crippen molar-refractivity contribution in [3.63, 3.8) is 0 Å². The summed E-state index contributed by atoms with van der Waals surface area (Å²) in [7, 11) is -3.34. The van der Waals surface area contributed by atoms with Gasteiger partial charge in [0.2, 0.25) is 5.91 Å². The summed E-state index contributed by atoms with van der Waals surface area (Å²) in [6, 6.07) is 5.50. The number of alkyl halides is 1. The lowest BCUT2D eigenvalue weighted by Gasteiger charge is -2.24. The molecule has 6 nitrogen and oxygen atoms in total. The summed E-state index contributed by atoms with van der Waals surface area (Å²) in [6.45, 7) is 3.21. The molecule has 2 amide bonds. The van der Waals surface area contributed by atoms with Crippen LogP contribution in [0.25, 0.3) is 0 Å². The monoisotopic (exact) mass is 354 g/mol. The number of anilines is 1. The minimum Gasteiger partial charge on any atom is -0.332 e. The van der Waals surface area contributed by atoms with E-state index in [2.05, 4.69) is 11.9 Å². The lowest BCUT2D eigenvalue weighted by molar-refractivity contribution is -0.111. The fourth-order valence-electron chi connectivity index (χ4n) is 2.70. The number of nitrogens with zero attached hydrogens (tertiary/aromatic N) is 1. The average molecular weight is 354 g/mol. The van der Waals surface area contributed by atoms with Gasteiger partial charge in [-0.05, 0) is 24.3 Å². The van der Waals surface area contributed by atoms with Crippen LogP contribution >= 0.6 is 0 Å². The maximum Gasteiger partial charge on any atom is 0.254 e. The number of hydrogen-bond donors (Lipinski definition) is 1. The second-order valence-corrected chi connectivity index (χ2v) is 8.00. The zero-order chi connectivity index (χ0) is 17.9. The van der Waals surface area contributed by atoms with Gasteiger partial charge < -0.3 is 10.2 Å². The van der Waals surface area contributed by atoms with Crippen molar-refractivity contribution >= 4 is 27.3 Å². The van der Waals surface area contributed by atoms with E-state index in [0.29, 0.717) is 5.69 Å². The maximum absolute atomic E-state index is 13.7. The molecule has 1 fully saturated rings. The van der Waals surface area contributed by atoms with E-state index < -0.39 is 33.9 Å². The molecule has 0 aromatic heterocycles. The van der Waals surface area contributed by atoms with E-state index in [-0.39, 0.29) is 24.3 Å². The molecular weight excluding hydrogens is 335 g/mol. The van der Waals surface area contributed by atoms with E-state index in [0.717, 1.165) is 12.3 Å². The summed E-state index contributed by atoms with van der Waals surface area (Å²) in [5, 5.41) is 2.54. The molecule has 1 aliphatic heterocycles. The summed E-state index contributed by atoms with van der Waals surface area (Å²) < 4.78 is 36.7. The first-order chi connectivity index (χ1) is 11.2. The van der Waals surface area contributed by atoms with Crippen LogP contribution < -0.4 is 5.32 Å². The first-order valence-electron chi connectivity index (χ1n) is 7.36. The van der Waals surface area contributed by atoms with E-state index in [1.54, 1.807) is 12.1 Å². The normalized spacial score (nSPS) is 20.7. The van der Waals surface area contributed by atoms with Gasteiger partial charge >= 0.3 is 0 Å². The van der Waals surface area contributed by atoms with Crippen molar-refractivity contribution in [2.45, 2.75) is 18.6 Å². The molecule has 1 aliphatic rings. The highest BCUT2D eigenvalue weighted by atomic mass is 32.2. The number of rotatable bonds is 5. The fourth-order valence-corrected chi connectivity index (χ4v) is 3.72. The number of benzene rings is 1. The molecule has 0 unspecified atom stereocenters. The zero-order valence-electron chi connectivity index (χ0n) is 13.2. The highest BCUT2D eigenvalue weighted by Crippen LogP contribution is 2.24. The summed E-state index contributed by atoms with van der Waals surface area (Å²) in [5.74, 6) is -1.15. The zero-order valence-corrected chi connectivity index (χ0v) is 14.1. The Morgan fingerprint density at radius 3 is 2.79 bits per heavy atom. The Kier molecular flexibility index (Phi) is 5.38. The average Bonchev–Trinajstić information content (AvgIpc) is 2.85. The lowest BCUT2D eigenvalue weighted by atomic mass is 10.1. The second kappa shape index (κ2) is 7.12. The summed E-state index contributed by atoms with van der Waals surface area (Å²) in [6.07, 6.45) is 0.924. The number of amides is 2. The molecule has 2 rings (SSSR count). The predicted molar refractivity (Wildman–Crippen MR) is 89.3 cm³/mol. The van der Waals surface area contributed by atoms with Crippen molar-refractivity contribution in [2.24, 2.45) is 0 Å². The van der Waals surface area contributed by atoms with Crippen LogP contribution in [-0.2, 0) is 14.6 Å². The third-order valence-corrected chi connectivity index (χ3v) is 4.67. The van der Waals surface area contributed by atoms with Gasteiger partial charge in [0.1, 0.15) is 16.0 Å². The van der Waals surface area contributed by atoms with Crippen LogP contribution in [0.1, 0.15) is 16.8 Å². The van der Waals surface area contributed by atoms with Gasteiger partial charge in [0.15, 0.2) is 0 Å². The van der Waals surface area contributed by atoms with Crippen molar-refractivity contribution in [2.75, 3.05) is 23.9 Å². The molecule has 0 aliphatic carbocycles. The molecule has 8 heteroatoms. The standard InChI is InChI=1S/C16H19FN2O4S/c1-3-15(20)18-13-6-4-5-11(7-13)16(21)19-9-12(17)8-14(19)10-24(2,22)23/h3-7,12,14H,1,8-10H2,2H3,(H,18,20)/t12-,14-/m0/s1. The van der Waals surface area contributed by atoms with Gasteiger partial charge in [0, 0.05) is 30.0 Å². The van der Waals surface area contributed by atoms with Crippen LogP contribution in [0.5, 0.6) is 0 Å². The van der Waals surface area contributed by atoms with E-state index in [1.807, 2.05) is 0 Å². The van der Waals surface area contributed by atoms with Gasteiger partial charge in [-0.2, -0.15) is 0 Å². The molecule has 1 N–H and O–H groups in total. The Balaban J connectivity index is 2.21. The highest BCUT2D eigenvalue weighted by Gasteiger charge is 2.37. The van der Waals surface area contributed by atoms with E-state index in [1.165, 1.54) is 17.0 Å². The molecule has 1 aromatic rings. The molecule has 1 aromatic carbocycles. The van der Waals surface area contributed by atoms with Crippen LogP contribution in [-0.4, -0.2) is 55.9 Å². The molecular formula is C16H19FN2O4S. The van der Waals surface area contributed by atoms with E-state index >= 15 is 0 Å². The van der Waals surface area contributed by atoms with Crippen LogP contribution in [0.2, 0.25) is 0 Å². The topological polar surface area (TPSA) is 83.6 Å². The third kappa shape index (κ3) is 4.64. The van der Waals surface area contributed by atoms with Crippen molar-refractivity contribution in [1.29, 1.82) is 0 Å². The van der Waals surface area contributed by atoms with E-state index in [4.69, 9.17) is 0 Å². The van der Waals surface area contributed by atoms with Crippen molar-refractivity contribution in [3.8, 4) is 0 Å². The van der Waals surface area contributed by atoms with Crippen LogP contribution in [0.4, 0.5) is 10.1 Å². The molecule has 0 spiro atoms. The smallest absolute Gasteiger partial charge is 0.254 e.